The molecule has 0 fully saturated rings. The number of thiazole rings is 1. The monoisotopic (exact) mass is 453 g/mol. The molecule has 2 amide bonds. The number of nitrogens with zero attached hydrogens (tertiary/aromatic N) is 3. The minimum atomic E-state index is -3.53. The van der Waals surface area contributed by atoms with E-state index in [1.165, 1.54) is 6.20 Å². The van der Waals surface area contributed by atoms with E-state index in [1.54, 1.807) is 13.8 Å². The lowest BCUT2D eigenvalue weighted by Crippen LogP contribution is -2.18. The van der Waals surface area contributed by atoms with Gasteiger partial charge in [-0.1, -0.05) is 0 Å². The fourth-order valence-corrected chi connectivity index (χ4v) is 6.03. The van der Waals surface area contributed by atoms with Crippen molar-refractivity contribution in [3.8, 4) is 0 Å². The number of carbonyl (C=O) groups excluding carboxylic acids is 1. The molecule has 0 saturated heterocycles. The van der Waals surface area contributed by atoms with Gasteiger partial charge in [-0.2, -0.15) is 0 Å². The zero-order valence-electron chi connectivity index (χ0n) is 16.8. The average Bonchev–Trinajstić information content (AvgIpc) is 3.39. The van der Waals surface area contributed by atoms with Gasteiger partial charge in [0.2, 0.25) is 0 Å². The van der Waals surface area contributed by atoms with E-state index < -0.39 is 28.2 Å². The molecule has 0 spiro atoms. The number of urea groups is 1. The molecular formula is C19H24FN5O3S2. The van der Waals surface area contributed by atoms with Gasteiger partial charge in [0, 0.05) is 11.6 Å². The SMILES string of the molecule is CC(C)(O)c1ncc(S(N)(=O)=NC(=O)Nc2c3c(nc4c2CCC4CF)CCC3)s1. The Bertz CT molecular complexity index is 1130. The molecule has 8 nitrogen and oxygen atoms in total. The van der Waals surface area contributed by atoms with Crippen LogP contribution in [-0.4, -0.2) is 32.0 Å². The van der Waals surface area contributed by atoms with E-state index in [0.717, 1.165) is 47.4 Å². The van der Waals surface area contributed by atoms with Crippen molar-refractivity contribution in [1.82, 2.24) is 9.97 Å². The van der Waals surface area contributed by atoms with Crippen LogP contribution < -0.4 is 10.5 Å². The number of aryl methyl sites for hydroxylation is 1. The Morgan fingerprint density at radius 2 is 2.20 bits per heavy atom. The van der Waals surface area contributed by atoms with Gasteiger partial charge in [0.05, 0.1) is 24.3 Å². The van der Waals surface area contributed by atoms with Crippen molar-refractivity contribution in [3.05, 3.63) is 33.7 Å². The third-order valence-electron chi connectivity index (χ3n) is 5.42. The first kappa shape index (κ1) is 21.3. The van der Waals surface area contributed by atoms with Crippen molar-refractivity contribution in [1.29, 1.82) is 0 Å². The maximum Gasteiger partial charge on any atom is 0.354 e. The lowest BCUT2D eigenvalue weighted by atomic mass is 10.0. The van der Waals surface area contributed by atoms with E-state index in [2.05, 4.69) is 19.6 Å². The fourth-order valence-electron chi connectivity index (χ4n) is 3.97. The third kappa shape index (κ3) is 3.86. The number of aromatic nitrogens is 2. The summed E-state index contributed by atoms with van der Waals surface area (Å²) in [5.41, 5.74) is 2.78. The highest BCUT2D eigenvalue weighted by Gasteiger charge is 2.32. The molecule has 2 aromatic rings. The van der Waals surface area contributed by atoms with Gasteiger partial charge in [0.1, 0.15) is 14.8 Å². The second-order valence-corrected chi connectivity index (χ2v) is 11.2. The minimum absolute atomic E-state index is 0.109. The normalized spacial score (nSPS) is 19.8. The van der Waals surface area contributed by atoms with Crippen LogP contribution in [0.15, 0.2) is 14.8 Å². The van der Waals surface area contributed by atoms with Crippen LogP contribution in [0.25, 0.3) is 0 Å². The van der Waals surface area contributed by atoms with Crippen LogP contribution >= 0.6 is 11.3 Å². The van der Waals surface area contributed by atoms with Gasteiger partial charge in [0.25, 0.3) is 0 Å². The maximum atomic E-state index is 13.4. The number of hydrogen-bond donors (Lipinski definition) is 3. The highest BCUT2D eigenvalue weighted by molar-refractivity contribution is 7.93. The van der Waals surface area contributed by atoms with E-state index in [-0.39, 0.29) is 10.1 Å². The van der Waals surface area contributed by atoms with Crippen molar-refractivity contribution in [3.63, 3.8) is 0 Å². The van der Waals surface area contributed by atoms with Crippen LogP contribution in [0.3, 0.4) is 0 Å². The quantitative estimate of drug-likeness (QED) is 0.654. The molecular weight excluding hydrogens is 429 g/mol. The van der Waals surface area contributed by atoms with Gasteiger partial charge < -0.3 is 10.4 Å². The van der Waals surface area contributed by atoms with Crippen LogP contribution in [0, 0.1) is 0 Å². The molecule has 0 radical (unpaired) electrons. The molecule has 4 rings (SSSR count). The van der Waals surface area contributed by atoms with Crippen molar-refractivity contribution in [2.45, 2.75) is 61.7 Å². The van der Waals surface area contributed by atoms with Crippen LogP contribution in [0.1, 0.15) is 60.1 Å². The van der Waals surface area contributed by atoms with E-state index in [1.807, 2.05) is 0 Å². The number of alkyl halides is 1. The van der Waals surface area contributed by atoms with Crippen molar-refractivity contribution >= 4 is 33.0 Å². The summed E-state index contributed by atoms with van der Waals surface area (Å²) in [6.45, 7) is 2.61. The van der Waals surface area contributed by atoms with Crippen molar-refractivity contribution in [2.75, 3.05) is 12.0 Å². The zero-order valence-corrected chi connectivity index (χ0v) is 18.4. The van der Waals surface area contributed by atoms with Gasteiger partial charge in [-0.25, -0.2) is 19.1 Å². The average molecular weight is 454 g/mol. The van der Waals surface area contributed by atoms with Crippen molar-refractivity contribution in [2.24, 2.45) is 9.50 Å². The van der Waals surface area contributed by atoms with E-state index in [9.17, 15) is 18.5 Å². The number of nitrogens with two attached hydrogens (primary N) is 1. The molecule has 0 saturated carbocycles. The molecule has 162 valence electrons. The van der Waals surface area contributed by atoms with Gasteiger partial charge >= 0.3 is 6.03 Å². The Kier molecular flexibility index (Phi) is 5.41. The first-order chi connectivity index (χ1) is 14.1. The summed E-state index contributed by atoms with van der Waals surface area (Å²) in [7, 11) is -3.53. The summed E-state index contributed by atoms with van der Waals surface area (Å²) < 4.78 is 30.1. The maximum absolute atomic E-state index is 13.4. The first-order valence-electron chi connectivity index (χ1n) is 9.75. The lowest BCUT2D eigenvalue weighted by Gasteiger charge is -2.15. The topological polar surface area (TPSA) is 131 Å². The largest absolute Gasteiger partial charge is 0.383 e. The Labute approximate surface area is 178 Å². The van der Waals surface area contributed by atoms with Crippen molar-refractivity contribution < 1.29 is 18.5 Å². The van der Waals surface area contributed by atoms with Crippen LogP contribution in [0.4, 0.5) is 14.9 Å². The number of amides is 2. The minimum Gasteiger partial charge on any atom is -0.383 e. The number of aliphatic hydroxyl groups is 1. The summed E-state index contributed by atoms with van der Waals surface area (Å²) in [4.78, 5) is 21.4. The highest BCUT2D eigenvalue weighted by atomic mass is 32.2. The van der Waals surface area contributed by atoms with E-state index in [4.69, 9.17) is 5.14 Å². The number of fused-ring (bicyclic) bond motifs is 2. The number of pyridine rings is 1. The fraction of sp³-hybridized carbons (Fsp3) is 0.526. The summed E-state index contributed by atoms with van der Waals surface area (Å²) >= 11 is 0.952. The number of carbonyl (C=O) groups is 1. The van der Waals surface area contributed by atoms with Crippen LogP contribution in [0.5, 0.6) is 0 Å². The molecule has 2 aliphatic rings. The Morgan fingerprint density at radius 1 is 1.43 bits per heavy atom. The standard InChI is InChI=1S/C19H24FN5O3S2/c1-19(2,27)17-22-9-14(29-17)30(21,28)25-18(26)24-16-11-4-3-5-13(11)23-15-10(8-20)6-7-12(15)16/h9-10,27H,3-8H2,1-2H3,(H3,21,23,24,25,26,28). The Hall–Kier alpha value is -1.95. The number of nitrogens with one attached hydrogen (secondary N) is 1. The van der Waals surface area contributed by atoms with Gasteiger partial charge in [0.15, 0.2) is 9.92 Å². The molecule has 0 aliphatic heterocycles. The molecule has 2 aliphatic carbocycles. The predicted molar refractivity (Wildman–Crippen MR) is 113 cm³/mol. The summed E-state index contributed by atoms with van der Waals surface area (Å²) in [5.74, 6) is -0.255. The van der Waals surface area contributed by atoms with Gasteiger partial charge in [-0.15, -0.1) is 15.7 Å². The Balaban J connectivity index is 1.66. The van der Waals surface area contributed by atoms with E-state index in [0.29, 0.717) is 29.2 Å². The predicted octanol–water partition coefficient (Wildman–Crippen LogP) is 3.19. The van der Waals surface area contributed by atoms with Crippen LogP contribution in [-0.2, 0) is 34.8 Å². The smallest absolute Gasteiger partial charge is 0.354 e. The Morgan fingerprint density at radius 3 is 2.87 bits per heavy atom. The number of anilines is 1. The first-order valence-corrected chi connectivity index (χ1v) is 12.1. The number of rotatable bonds is 4. The third-order valence-corrected chi connectivity index (χ3v) is 8.61. The summed E-state index contributed by atoms with van der Waals surface area (Å²) in [6.07, 6.45) is 5.02. The van der Waals surface area contributed by atoms with E-state index >= 15 is 0 Å². The molecule has 2 atom stereocenters. The van der Waals surface area contributed by atoms with Gasteiger partial charge in [-0.3, -0.25) is 9.37 Å². The zero-order chi connectivity index (χ0) is 21.7. The summed E-state index contributed by atoms with van der Waals surface area (Å²) in [5, 5.41) is 19.0. The molecule has 30 heavy (non-hydrogen) atoms. The number of hydrogen-bond acceptors (Lipinski definition) is 6. The highest BCUT2D eigenvalue weighted by Crippen LogP contribution is 2.41. The molecule has 4 N–H and O–H groups in total. The molecule has 2 aromatic heterocycles. The lowest BCUT2D eigenvalue weighted by molar-refractivity contribution is 0.0783. The molecule has 0 bridgehead atoms. The molecule has 2 unspecified atom stereocenters. The van der Waals surface area contributed by atoms with Crippen LogP contribution in [0.2, 0.25) is 0 Å². The second-order valence-electron chi connectivity index (χ2n) is 8.15. The molecule has 2 heterocycles. The molecule has 0 aromatic carbocycles. The second kappa shape index (κ2) is 7.63. The summed E-state index contributed by atoms with van der Waals surface area (Å²) in [6, 6.07) is -0.827. The number of halogens is 1. The molecule has 11 heteroatoms. The van der Waals surface area contributed by atoms with Gasteiger partial charge in [-0.05, 0) is 57.1 Å².